The summed E-state index contributed by atoms with van der Waals surface area (Å²) >= 11 is 0. The second kappa shape index (κ2) is 7.06. The molecule has 19 heavy (non-hydrogen) atoms. The summed E-state index contributed by atoms with van der Waals surface area (Å²) in [7, 11) is 0. The van der Waals surface area contributed by atoms with E-state index in [0.717, 1.165) is 13.0 Å². The van der Waals surface area contributed by atoms with Crippen molar-refractivity contribution in [1.82, 2.24) is 4.90 Å². The highest BCUT2D eigenvalue weighted by Gasteiger charge is 2.22. The van der Waals surface area contributed by atoms with Crippen LogP contribution in [0.25, 0.3) is 0 Å². The van der Waals surface area contributed by atoms with Crippen LogP contribution in [0.1, 0.15) is 62.6 Å². The number of hydrogen-bond donors (Lipinski definition) is 1. The second-order valence-electron chi connectivity index (χ2n) is 5.81. The van der Waals surface area contributed by atoms with Crippen LogP contribution in [0.3, 0.4) is 0 Å². The van der Waals surface area contributed by atoms with E-state index in [0.29, 0.717) is 12.0 Å². The third kappa shape index (κ3) is 3.58. The van der Waals surface area contributed by atoms with Gasteiger partial charge in [0.2, 0.25) is 0 Å². The zero-order valence-electron chi connectivity index (χ0n) is 12.4. The largest absolute Gasteiger partial charge is 0.330 e. The normalized spacial score (nSPS) is 19.5. The molecule has 0 spiro atoms. The molecule has 1 aliphatic heterocycles. The summed E-state index contributed by atoms with van der Waals surface area (Å²) in [6.07, 6.45) is 4.96. The molecule has 2 nitrogen and oxygen atoms in total. The predicted octanol–water partition coefficient (Wildman–Crippen LogP) is 3.69. The molecule has 1 aliphatic rings. The van der Waals surface area contributed by atoms with Crippen molar-refractivity contribution in [3.05, 3.63) is 35.4 Å². The molecule has 1 saturated heterocycles. The summed E-state index contributed by atoms with van der Waals surface area (Å²) in [6, 6.07) is 9.78. The lowest BCUT2D eigenvalue weighted by Crippen LogP contribution is -2.27. The fraction of sp³-hybridized carbons (Fsp3) is 0.647. The first-order chi connectivity index (χ1) is 9.26. The smallest absolute Gasteiger partial charge is 0.0360 e. The molecule has 0 amide bonds. The highest BCUT2D eigenvalue weighted by Crippen LogP contribution is 2.29. The minimum absolute atomic E-state index is 0.526. The molecule has 2 rings (SSSR count). The van der Waals surface area contributed by atoms with Crippen molar-refractivity contribution in [2.45, 2.75) is 51.5 Å². The van der Waals surface area contributed by atoms with Crippen LogP contribution in [0, 0.1) is 0 Å². The fourth-order valence-corrected chi connectivity index (χ4v) is 3.05. The van der Waals surface area contributed by atoms with E-state index >= 15 is 0 Å². The lowest BCUT2D eigenvalue weighted by atomic mass is 9.95. The molecule has 2 heteroatoms. The van der Waals surface area contributed by atoms with E-state index in [-0.39, 0.29) is 0 Å². The first-order valence-electron chi connectivity index (χ1n) is 7.80. The van der Waals surface area contributed by atoms with E-state index in [1.54, 1.807) is 0 Å². The minimum atomic E-state index is 0.526. The molecule has 0 bridgehead atoms. The maximum absolute atomic E-state index is 5.81. The Labute approximate surface area is 118 Å². The summed E-state index contributed by atoms with van der Waals surface area (Å²) in [6.45, 7) is 7.79. The Morgan fingerprint density at radius 2 is 1.68 bits per heavy atom. The Balaban J connectivity index is 2.12. The monoisotopic (exact) mass is 260 g/mol. The maximum atomic E-state index is 5.81. The van der Waals surface area contributed by atoms with Crippen molar-refractivity contribution >= 4 is 0 Å². The number of nitrogens with two attached hydrogens (primary N) is 1. The Morgan fingerprint density at radius 3 is 2.21 bits per heavy atom. The van der Waals surface area contributed by atoms with Gasteiger partial charge in [0.05, 0.1) is 0 Å². The van der Waals surface area contributed by atoms with Gasteiger partial charge in [-0.15, -0.1) is 0 Å². The summed E-state index contributed by atoms with van der Waals surface area (Å²) in [5, 5.41) is 0. The molecule has 0 radical (unpaired) electrons. The zero-order chi connectivity index (χ0) is 13.7. The molecule has 106 valence electrons. The van der Waals surface area contributed by atoms with Crippen LogP contribution in [-0.2, 0) is 0 Å². The molecule has 1 aromatic rings. The van der Waals surface area contributed by atoms with E-state index in [1.807, 2.05) is 0 Å². The van der Waals surface area contributed by atoms with Gasteiger partial charge in [0.1, 0.15) is 0 Å². The third-order valence-corrected chi connectivity index (χ3v) is 4.52. The summed E-state index contributed by atoms with van der Waals surface area (Å²) < 4.78 is 0. The predicted molar refractivity (Wildman–Crippen MR) is 82.4 cm³/mol. The minimum Gasteiger partial charge on any atom is -0.330 e. The number of rotatable bonds is 6. The highest BCUT2D eigenvalue weighted by atomic mass is 15.2. The SMILES string of the molecule is CCC(C)c1ccc(C(CCN)N2CCCC2)cc1. The number of likely N-dealkylation sites (tertiary alicyclic amines) is 1. The van der Waals surface area contributed by atoms with Crippen molar-refractivity contribution in [3.8, 4) is 0 Å². The number of benzene rings is 1. The van der Waals surface area contributed by atoms with E-state index in [2.05, 4.69) is 43.0 Å². The second-order valence-corrected chi connectivity index (χ2v) is 5.81. The molecule has 2 atom stereocenters. The zero-order valence-corrected chi connectivity index (χ0v) is 12.4. The van der Waals surface area contributed by atoms with Gasteiger partial charge in [0.25, 0.3) is 0 Å². The lowest BCUT2D eigenvalue weighted by Gasteiger charge is -2.28. The molecule has 1 aromatic carbocycles. The van der Waals surface area contributed by atoms with Crippen molar-refractivity contribution < 1.29 is 0 Å². The topological polar surface area (TPSA) is 29.3 Å². The van der Waals surface area contributed by atoms with E-state index < -0.39 is 0 Å². The average Bonchev–Trinajstić information content (AvgIpc) is 2.98. The lowest BCUT2D eigenvalue weighted by molar-refractivity contribution is 0.236. The highest BCUT2D eigenvalue weighted by molar-refractivity contribution is 5.27. The molecule has 0 saturated carbocycles. The van der Waals surface area contributed by atoms with Gasteiger partial charge in [0.15, 0.2) is 0 Å². The van der Waals surface area contributed by atoms with Crippen molar-refractivity contribution in [2.75, 3.05) is 19.6 Å². The standard InChI is InChI=1S/C17H28N2/c1-3-14(2)15-6-8-16(9-7-15)17(10-11-18)19-12-4-5-13-19/h6-9,14,17H,3-5,10-13,18H2,1-2H3. The molecule has 1 heterocycles. The van der Waals surface area contributed by atoms with Gasteiger partial charge in [-0.25, -0.2) is 0 Å². The number of hydrogen-bond acceptors (Lipinski definition) is 2. The van der Waals surface area contributed by atoms with Gasteiger partial charge in [0, 0.05) is 6.04 Å². The molecule has 0 aromatic heterocycles. The Bertz CT molecular complexity index is 365. The fourth-order valence-electron chi connectivity index (χ4n) is 3.05. The molecule has 0 aliphatic carbocycles. The van der Waals surface area contributed by atoms with Crippen LogP contribution in [0.2, 0.25) is 0 Å². The summed E-state index contributed by atoms with van der Waals surface area (Å²) in [5.74, 6) is 0.661. The van der Waals surface area contributed by atoms with Crippen LogP contribution >= 0.6 is 0 Å². The van der Waals surface area contributed by atoms with Crippen molar-refractivity contribution in [1.29, 1.82) is 0 Å². The molecule has 2 N–H and O–H groups in total. The van der Waals surface area contributed by atoms with Gasteiger partial charge in [-0.3, -0.25) is 4.90 Å². The van der Waals surface area contributed by atoms with Gasteiger partial charge >= 0.3 is 0 Å². The van der Waals surface area contributed by atoms with Crippen LogP contribution in [0.15, 0.2) is 24.3 Å². The van der Waals surface area contributed by atoms with Crippen molar-refractivity contribution in [2.24, 2.45) is 5.73 Å². The first kappa shape index (κ1) is 14.5. The van der Waals surface area contributed by atoms with Gasteiger partial charge in [-0.1, -0.05) is 38.1 Å². The summed E-state index contributed by atoms with van der Waals surface area (Å²) in [4.78, 5) is 2.60. The Hall–Kier alpha value is -0.860. The maximum Gasteiger partial charge on any atom is 0.0360 e. The van der Waals surface area contributed by atoms with E-state index in [1.165, 1.54) is 43.5 Å². The van der Waals surface area contributed by atoms with Crippen LogP contribution in [0.5, 0.6) is 0 Å². The Kier molecular flexibility index (Phi) is 5.41. The van der Waals surface area contributed by atoms with Gasteiger partial charge in [-0.05, 0) is 62.4 Å². The van der Waals surface area contributed by atoms with Crippen LogP contribution < -0.4 is 5.73 Å². The summed E-state index contributed by atoms with van der Waals surface area (Å²) in [5.41, 5.74) is 8.71. The van der Waals surface area contributed by atoms with E-state index in [9.17, 15) is 0 Å². The molecular weight excluding hydrogens is 232 g/mol. The van der Waals surface area contributed by atoms with Gasteiger partial charge in [-0.2, -0.15) is 0 Å². The first-order valence-corrected chi connectivity index (χ1v) is 7.80. The van der Waals surface area contributed by atoms with Crippen molar-refractivity contribution in [3.63, 3.8) is 0 Å². The third-order valence-electron chi connectivity index (χ3n) is 4.52. The van der Waals surface area contributed by atoms with Crippen LogP contribution in [0.4, 0.5) is 0 Å². The molecular formula is C17H28N2. The van der Waals surface area contributed by atoms with Crippen LogP contribution in [-0.4, -0.2) is 24.5 Å². The quantitative estimate of drug-likeness (QED) is 0.845. The molecule has 2 unspecified atom stereocenters. The number of nitrogens with zero attached hydrogens (tertiary/aromatic N) is 1. The molecule has 1 fully saturated rings. The van der Waals surface area contributed by atoms with E-state index in [4.69, 9.17) is 5.73 Å². The Morgan fingerprint density at radius 1 is 1.11 bits per heavy atom. The van der Waals surface area contributed by atoms with Gasteiger partial charge < -0.3 is 5.73 Å². The average molecular weight is 260 g/mol.